The van der Waals surface area contributed by atoms with E-state index in [-0.39, 0.29) is 0 Å². The first-order chi connectivity index (χ1) is 9.65. The van der Waals surface area contributed by atoms with Crippen LogP contribution in [0.4, 0.5) is 0 Å². The molecule has 1 aromatic rings. The van der Waals surface area contributed by atoms with E-state index >= 15 is 0 Å². The van der Waals surface area contributed by atoms with Gasteiger partial charge in [0.25, 0.3) is 5.60 Å². The van der Waals surface area contributed by atoms with E-state index in [0.717, 1.165) is 25.6 Å². The SMILES string of the molecule is COC(OC)(OC)[Si]CCCN(C)Cc1ccccc1. The Morgan fingerprint density at radius 2 is 1.65 bits per heavy atom. The maximum atomic E-state index is 5.29. The van der Waals surface area contributed by atoms with E-state index in [0.29, 0.717) is 9.52 Å². The Bertz CT molecular complexity index is 349. The van der Waals surface area contributed by atoms with Crippen LogP contribution in [0.3, 0.4) is 0 Å². The van der Waals surface area contributed by atoms with Gasteiger partial charge < -0.3 is 19.1 Å². The van der Waals surface area contributed by atoms with Crippen LogP contribution in [0.2, 0.25) is 6.04 Å². The molecular weight excluding hydrogens is 270 g/mol. The second kappa shape index (κ2) is 9.26. The molecule has 5 heteroatoms. The van der Waals surface area contributed by atoms with Crippen LogP contribution in [0.1, 0.15) is 12.0 Å². The Morgan fingerprint density at radius 3 is 2.20 bits per heavy atom. The van der Waals surface area contributed by atoms with Crippen LogP contribution in [0, 0.1) is 0 Å². The maximum absolute atomic E-state index is 5.29. The summed E-state index contributed by atoms with van der Waals surface area (Å²) in [4.78, 5) is 2.33. The van der Waals surface area contributed by atoms with Crippen LogP contribution >= 0.6 is 0 Å². The summed E-state index contributed by atoms with van der Waals surface area (Å²) in [5.41, 5.74) is 0.482. The molecule has 0 aliphatic heterocycles. The van der Waals surface area contributed by atoms with Gasteiger partial charge in [0.1, 0.15) is 0 Å². The van der Waals surface area contributed by atoms with Crippen molar-refractivity contribution < 1.29 is 14.2 Å². The Kier molecular flexibility index (Phi) is 8.02. The molecule has 0 saturated carbocycles. The minimum atomic E-state index is -0.863. The quantitative estimate of drug-likeness (QED) is 0.376. The second-order valence-electron chi connectivity index (χ2n) is 4.67. The fourth-order valence-corrected chi connectivity index (χ4v) is 3.11. The molecule has 0 aromatic heterocycles. The number of benzene rings is 1. The van der Waals surface area contributed by atoms with Gasteiger partial charge >= 0.3 is 0 Å². The molecule has 2 radical (unpaired) electrons. The minimum absolute atomic E-state index is 0.468. The molecule has 1 aromatic carbocycles. The largest absolute Gasteiger partial charge is 0.335 e. The topological polar surface area (TPSA) is 30.9 Å². The zero-order chi connectivity index (χ0) is 14.8. The molecule has 0 bridgehead atoms. The third-order valence-corrected chi connectivity index (χ3v) is 4.81. The van der Waals surface area contributed by atoms with Crippen LogP contribution in [0.15, 0.2) is 30.3 Å². The predicted octanol–water partition coefficient (Wildman–Crippen LogP) is 2.18. The number of hydrogen-bond acceptors (Lipinski definition) is 4. The monoisotopic (exact) mass is 295 g/mol. The molecule has 0 unspecified atom stereocenters. The van der Waals surface area contributed by atoms with Crippen molar-refractivity contribution in [2.75, 3.05) is 34.9 Å². The summed E-state index contributed by atoms with van der Waals surface area (Å²) in [6.45, 7) is 2.03. The zero-order valence-electron chi connectivity index (χ0n) is 12.9. The van der Waals surface area contributed by atoms with E-state index in [1.165, 1.54) is 5.56 Å². The number of methoxy groups -OCH3 is 3. The lowest BCUT2D eigenvalue weighted by molar-refractivity contribution is -0.294. The van der Waals surface area contributed by atoms with Gasteiger partial charge in [-0.3, -0.25) is 0 Å². The van der Waals surface area contributed by atoms with Crippen molar-refractivity contribution in [2.45, 2.75) is 24.6 Å². The molecule has 20 heavy (non-hydrogen) atoms. The summed E-state index contributed by atoms with van der Waals surface area (Å²) >= 11 is 0. The van der Waals surface area contributed by atoms with Gasteiger partial charge in [0, 0.05) is 27.9 Å². The van der Waals surface area contributed by atoms with Gasteiger partial charge in [-0.15, -0.1) is 0 Å². The standard InChI is InChI=1S/C15H25NO3Si/c1-16(13-14-9-6-5-7-10-14)11-8-12-20-15(17-2,18-3)19-4/h5-7,9-10H,8,11-13H2,1-4H3. The summed E-state index contributed by atoms with van der Waals surface area (Å²) in [5, 5.41) is 0. The Balaban J connectivity index is 2.23. The van der Waals surface area contributed by atoms with E-state index in [1.54, 1.807) is 21.3 Å². The van der Waals surface area contributed by atoms with Crippen molar-refractivity contribution in [3.63, 3.8) is 0 Å². The summed E-state index contributed by atoms with van der Waals surface area (Å²) < 4.78 is 15.9. The highest BCUT2D eigenvalue weighted by Gasteiger charge is 2.29. The molecule has 0 aliphatic rings. The van der Waals surface area contributed by atoms with E-state index < -0.39 is 5.60 Å². The molecule has 0 amide bonds. The van der Waals surface area contributed by atoms with Gasteiger partial charge in [-0.05, 0) is 25.6 Å². The smallest absolute Gasteiger partial charge is 0.250 e. The Hall–Kier alpha value is -0.723. The average Bonchev–Trinajstić information content (AvgIpc) is 2.49. The van der Waals surface area contributed by atoms with Crippen LogP contribution in [0.25, 0.3) is 0 Å². The van der Waals surface area contributed by atoms with Crippen molar-refractivity contribution in [3.8, 4) is 0 Å². The number of hydrogen-bond donors (Lipinski definition) is 0. The van der Waals surface area contributed by atoms with E-state index in [9.17, 15) is 0 Å². The molecule has 0 heterocycles. The van der Waals surface area contributed by atoms with Crippen LogP contribution in [0.5, 0.6) is 0 Å². The Labute approximate surface area is 124 Å². The van der Waals surface area contributed by atoms with E-state index in [2.05, 4.69) is 36.2 Å². The summed E-state index contributed by atoms with van der Waals surface area (Å²) in [5.74, 6) is 0. The van der Waals surface area contributed by atoms with Crippen molar-refractivity contribution in [1.29, 1.82) is 0 Å². The normalized spacial score (nSPS) is 12.1. The first kappa shape index (κ1) is 17.3. The van der Waals surface area contributed by atoms with Crippen molar-refractivity contribution in [1.82, 2.24) is 4.90 Å². The predicted molar refractivity (Wildman–Crippen MR) is 81.7 cm³/mol. The first-order valence-corrected chi connectivity index (χ1v) is 7.99. The van der Waals surface area contributed by atoms with Crippen molar-refractivity contribution in [3.05, 3.63) is 35.9 Å². The summed E-state index contributed by atoms with van der Waals surface area (Å²) in [6.07, 6.45) is 1.10. The van der Waals surface area contributed by atoms with Gasteiger partial charge in [-0.2, -0.15) is 0 Å². The lowest BCUT2D eigenvalue weighted by Crippen LogP contribution is -2.42. The van der Waals surface area contributed by atoms with E-state index in [4.69, 9.17) is 14.2 Å². The van der Waals surface area contributed by atoms with Gasteiger partial charge in [0.15, 0.2) is 9.52 Å². The molecule has 0 spiro atoms. The Morgan fingerprint density at radius 1 is 1.05 bits per heavy atom. The highest BCUT2D eigenvalue weighted by Crippen LogP contribution is 2.13. The zero-order valence-corrected chi connectivity index (χ0v) is 13.9. The second-order valence-corrected chi connectivity index (χ2v) is 6.14. The molecule has 0 atom stereocenters. The highest BCUT2D eigenvalue weighted by atomic mass is 28.2. The summed E-state index contributed by atoms with van der Waals surface area (Å²) in [7, 11) is 7.45. The molecule has 112 valence electrons. The number of nitrogens with zero attached hydrogens (tertiary/aromatic N) is 1. The van der Waals surface area contributed by atoms with Gasteiger partial charge in [-0.1, -0.05) is 36.4 Å². The molecule has 4 nitrogen and oxygen atoms in total. The minimum Gasteiger partial charge on any atom is -0.335 e. The third-order valence-electron chi connectivity index (χ3n) is 3.16. The maximum Gasteiger partial charge on any atom is 0.250 e. The first-order valence-electron chi connectivity index (χ1n) is 6.78. The molecule has 0 saturated heterocycles. The van der Waals surface area contributed by atoms with Gasteiger partial charge in [-0.25, -0.2) is 0 Å². The fraction of sp³-hybridized carbons (Fsp3) is 0.600. The summed E-state index contributed by atoms with van der Waals surface area (Å²) in [6, 6.07) is 11.5. The molecule has 0 fully saturated rings. The van der Waals surface area contributed by atoms with Crippen LogP contribution in [-0.2, 0) is 20.8 Å². The van der Waals surface area contributed by atoms with Gasteiger partial charge in [0.2, 0.25) is 0 Å². The van der Waals surface area contributed by atoms with Crippen LogP contribution in [-0.4, -0.2) is 54.9 Å². The molecular formula is C15H25NO3Si. The molecule has 1 rings (SSSR count). The lowest BCUT2D eigenvalue weighted by Gasteiger charge is -2.28. The van der Waals surface area contributed by atoms with Crippen molar-refractivity contribution >= 4 is 9.52 Å². The van der Waals surface area contributed by atoms with Crippen LogP contribution < -0.4 is 0 Å². The number of ether oxygens (including phenoxy) is 3. The van der Waals surface area contributed by atoms with E-state index in [1.807, 2.05) is 6.07 Å². The molecule has 0 N–H and O–H groups in total. The average molecular weight is 295 g/mol. The number of rotatable bonds is 10. The third kappa shape index (κ3) is 5.72. The highest BCUT2D eigenvalue weighted by molar-refractivity contribution is 6.38. The molecule has 0 aliphatic carbocycles. The fourth-order valence-electron chi connectivity index (χ4n) is 2.03. The lowest BCUT2D eigenvalue weighted by atomic mass is 10.2. The van der Waals surface area contributed by atoms with Gasteiger partial charge in [0.05, 0.1) is 0 Å². The van der Waals surface area contributed by atoms with Crippen molar-refractivity contribution in [2.24, 2.45) is 0 Å².